The van der Waals surface area contributed by atoms with Gasteiger partial charge in [-0.05, 0) is 6.42 Å². The summed E-state index contributed by atoms with van der Waals surface area (Å²) in [5.74, 6) is 0. The van der Waals surface area contributed by atoms with E-state index in [1.165, 1.54) is 0 Å². The summed E-state index contributed by atoms with van der Waals surface area (Å²) in [7, 11) is 0. The Kier molecular flexibility index (Phi) is 4.41. The van der Waals surface area contributed by atoms with Gasteiger partial charge in [0.1, 0.15) is 6.29 Å². The molecule has 0 aliphatic heterocycles. The highest BCUT2D eigenvalue weighted by Gasteiger charge is 1.75. The van der Waals surface area contributed by atoms with E-state index >= 15 is 0 Å². The van der Waals surface area contributed by atoms with Gasteiger partial charge < -0.3 is 4.79 Å². The van der Waals surface area contributed by atoms with Crippen LogP contribution in [0, 0.1) is 6.42 Å². The fourth-order valence-electron chi connectivity index (χ4n) is 0.235. The molecule has 0 saturated carbocycles. The van der Waals surface area contributed by atoms with Crippen LogP contribution in [0.4, 0.5) is 0 Å². The van der Waals surface area contributed by atoms with E-state index in [-0.39, 0.29) is 0 Å². The van der Waals surface area contributed by atoms with Crippen molar-refractivity contribution < 1.29 is 4.79 Å². The lowest BCUT2D eigenvalue weighted by molar-refractivity contribution is -0.107. The van der Waals surface area contributed by atoms with Gasteiger partial charge >= 0.3 is 0 Å². The van der Waals surface area contributed by atoms with Gasteiger partial charge in [-0.2, -0.15) is 0 Å². The van der Waals surface area contributed by atoms with Crippen molar-refractivity contribution in [3.8, 4) is 0 Å². The fourth-order valence-corrected chi connectivity index (χ4v) is 0.235. The minimum Gasteiger partial charge on any atom is -0.303 e. The first kappa shape index (κ1) is 5.67. The number of hydrogen-bond acceptors (Lipinski definition) is 1. The summed E-state index contributed by atoms with van der Waals surface area (Å²) in [6, 6.07) is 0. The van der Waals surface area contributed by atoms with Crippen molar-refractivity contribution in [2.24, 2.45) is 0 Å². The van der Waals surface area contributed by atoms with Crippen molar-refractivity contribution in [3.63, 3.8) is 0 Å². The van der Waals surface area contributed by atoms with E-state index < -0.39 is 0 Å². The largest absolute Gasteiger partial charge is 0.303 e. The Morgan fingerprint density at radius 3 is 2.50 bits per heavy atom. The van der Waals surface area contributed by atoms with Gasteiger partial charge in [0.25, 0.3) is 0 Å². The standard InChI is InChI=1S/C5H9O/c1-2-3-4-5-6/h3,5H,2,4H2,1H3. The monoisotopic (exact) mass is 85.1 g/mol. The Labute approximate surface area is 38.4 Å². The third-order valence-electron chi connectivity index (χ3n) is 0.552. The topological polar surface area (TPSA) is 17.1 Å². The molecule has 0 aliphatic carbocycles. The summed E-state index contributed by atoms with van der Waals surface area (Å²) >= 11 is 0. The molecule has 0 saturated heterocycles. The van der Waals surface area contributed by atoms with Crippen LogP contribution in [-0.2, 0) is 4.79 Å². The molecule has 0 atom stereocenters. The minimum absolute atomic E-state index is 0.608. The average Bonchev–Trinajstić information content (AvgIpc) is 1.61. The van der Waals surface area contributed by atoms with Crippen molar-refractivity contribution in [2.75, 3.05) is 0 Å². The van der Waals surface area contributed by atoms with Gasteiger partial charge in [0, 0.05) is 6.42 Å². The zero-order valence-corrected chi connectivity index (χ0v) is 3.98. The summed E-state index contributed by atoms with van der Waals surface area (Å²) in [6.45, 7) is 2.02. The smallest absolute Gasteiger partial charge is 0.120 e. The van der Waals surface area contributed by atoms with Crippen LogP contribution in [0.3, 0.4) is 0 Å². The molecule has 1 radical (unpaired) electrons. The third-order valence-corrected chi connectivity index (χ3v) is 0.552. The molecule has 35 valence electrons. The molecule has 0 aromatic carbocycles. The fraction of sp³-hybridized carbons (Fsp3) is 0.600. The molecule has 0 heterocycles. The molecule has 0 fully saturated rings. The molecule has 0 amide bonds. The van der Waals surface area contributed by atoms with E-state index in [1.807, 2.05) is 13.3 Å². The maximum atomic E-state index is 9.53. The molecule has 0 rings (SSSR count). The van der Waals surface area contributed by atoms with E-state index in [0.29, 0.717) is 6.42 Å². The Bertz CT molecular complexity index is 32.9. The Morgan fingerprint density at radius 1 is 1.67 bits per heavy atom. The van der Waals surface area contributed by atoms with E-state index in [9.17, 15) is 4.79 Å². The highest BCUT2D eigenvalue weighted by molar-refractivity contribution is 5.50. The molecule has 1 nitrogen and oxygen atoms in total. The summed E-state index contributed by atoms with van der Waals surface area (Å²) in [6.07, 6.45) is 4.45. The van der Waals surface area contributed by atoms with Crippen LogP contribution >= 0.6 is 0 Å². The molecular weight excluding hydrogens is 76.1 g/mol. The van der Waals surface area contributed by atoms with Crippen LogP contribution in [0.1, 0.15) is 19.8 Å². The van der Waals surface area contributed by atoms with E-state index in [2.05, 4.69) is 0 Å². The van der Waals surface area contributed by atoms with Crippen molar-refractivity contribution in [2.45, 2.75) is 19.8 Å². The summed E-state index contributed by atoms with van der Waals surface area (Å²) < 4.78 is 0. The zero-order valence-electron chi connectivity index (χ0n) is 3.98. The quantitative estimate of drug-likeness (QED) is 0.371. The van der Waals surface area contributed by atoms with Crippen LogP contribution < -0.4 is 0 Å². The van der Waals surface area contributed by atoms with Crippen molar-refractivity contribution in [1.29, 1.82) is 0 Å². The molecule has 0 unspecified atom stereocenters. The lowest BCUT2D eigenvalue weighted by atomic mass is 10.3. The van der Waals surface area contributed by atoms with Crippen molar-refractivity contribution in [1.82, 2.24) is 0 Å². The average molecular weight is 85.1 g/mol. The molecule has 1 heteroatoms. The van der Waals surface area contributed by atoms with Crippen LogP contribution in [0.2, 0.25) is 0 Å². The van der Waals surface area contributed by atoms with E-state index in [4.69, 9.17) is 0 Å². The molecule has 6 heavy (non-hydrogen) atoms. The molecule has 0 aromatic heterocycles. The van der Waals surface area contributed by atoms with Crippen LogP contribution in [-0.4, -0.2) is 6.29 Å². The van der Waals surface area contributed by atoms with Gasteiger partial charge in [-0.15, -0.1) is 0 Å². The second kappa shape index (κ2) is 4.67. The predicted octanol–water partition coefficient (Wildman–Crippen LogP) is 1.19. The van der Waals surface area contributed by atoms with Crippen molar-refractivity contribution in [3.05, 3.63) is 6.42 Å². The first-order valence-electron chi connectivity index (χ1n) is 2.17. The van der Waals surface area contributed by atoms with Gasteiger partial charge in [-0.3, -0.25) is 0 Å². The van der Waals surface area contributed by atoms with Crippen molar-refractivity contribution >= 4 is 6.29 Å². The molecule has 0 aliphatic rings. The number of aldehydes is 1. The lowest BCUT2D eigenvalue weighted by Crippen LogP contribution is -1.71. The summed E-state index contributed by atoms with van der Waals surface area (Å²) in [5.41, 5.74) is 0. The van der Waals surface area contributed by atoms with Crippen LogP contribution in [0.15, 0.2) is 0 Å². The Hall–Kier alpha value is -0.330. The van der Waals surface area contributed by atoms with Gasteiger partial charge in [-0.25, -0.2) is 0 Å². The zero-order chi connectivity index (χ0) is 4.83. The maximum absolute atomic E-state index is 9.53. The molecule has 0 aromatic rings. The van der Waals surface area contributed by atoms with Gasteiger partial charge in [-0.1, -0.05) is 13.3 Å². The third kappa shape index (κ3) is 3.67. The Balaban J connectivity index is 2.49. The molecule has 0 bridgehead atoms. The predicted molar refractivity (Wildman–Crippen MR) is 25.3 cm³/mol. The molecule has 0 spiro atoms. The summed E-state index contributed by atoms with van der Waals surface area (Å²) in [4.78, 5) is 9.53. The number of carbonyl (C=O) groups is 1. The molecular formula is C5H9O. The van der Waals surface area contributed by atoms with E-state index in [0.717, 1.165) is 12.7 Å². The Morgan fingerprint density at radius 2 is 2.33 bits per heavy atom. The van der Waals surface area contributed by atoms with Gasteiger partial charge in [0.2, 0.25) is 0 Å². The highest BCUT2D eigenvalue weighted by Crippen LogP contribution is 1.84. The first-order valence-corrected chi connectivity index (χ1v) is 2.17. The number of unbranched alkanes of at least 4 members (excludes halogenated alkanes) is 2. The van der Waals surface area contributed by atoms with Crippen LogP contribution in [0.5, 0.6) is 0 Å². The van der Waals surface area contributed by atoms with E-state index in [1.54, 1.807) is 0 Å². The van der Waals surface area contributed by atoms with Crippen LogP contribution in [0.25, 0.3) is 0 Å². The highest BCUT2D eigenvalue weighted by atomic mass is 16.1. The number of rotatable bonds is 3. The van der Waals surface area contributed by atoms with Gasteiger partial charge in [0.15, 0.2) is 0 Å². The van der Waals surface area contributed by atoms with Gasteiger partial charge in [0.05, 0.1) is 0 Å². The summed E-state index contributed by atoms with van der Waals surface area (Å²) in [5, 5.41) is 0. The second-order valence-electron chi connectivity index (χ2n) is 1.10. The second-order valence-corrected chi connectivity index (χ2v) is 1.10. The maximum Gasteiger partial charge on any atom is 0.120 e. The minimum atomic E-state index is 0.608. The SMILES string of the molecule is CC[CH]CC=O. The normalized spacial score (nSPS) is 8.17. The molecule has 0 N–H and O–H groups in total. The lowest BCUT2D eigenvalue weighted by Gasteiger charge is -1.78. The first-order chi connectivity index (χ1) is 2.91. The number of carbonyl (C=O) groups excluding carboxylic acids is 1. The number of hydrogen-bond donors (Lipinski definition) is 0.